The number of aliphatic hydroxyl groups is 1. The van der Waals surface area contributed by atoms with E-state index in [1.54, 1.807) is 0 Å². The van der Waals surface area contributed by atoms with Crippen molar-refractivity contribution in [1.29, 1.82) is 0 Å². The van der Waals surface area contributed by atoms with Crippen molar-refractivity contribution in [2.24, 2.45) is 0 Å². The van der Waals surface area contributed by atoms with Gasteiger partial charge in [0.1, 0.15) is 0 Å². The summed E-state index contributed by atoms with van der Waals surface area (Å²) in [6, 6.07) is 0. The van der Waals surface area contributed by atoms with E-state index >= 15 is 0 Å². The van der Waals surface area contributed by atoms with E-state index in [0.717, 1.165) is 0 Å². The fourth-order valence-corrected chi connectivity index (χ4v) is 0.590. The molecule has 2 nitrogen and oxygen atoms in total. The van der Waals surface area contributed by atoms with Crippen molar-refractivity contribution >= 4 is 5.78 Å². The summed E-state index contributed by atoms with van der Waals surface area (Å²) in [4.78, 5) is 10.5. The Morgan fingerprint density at radius 2 is 2.00 bits per heavy atom. The maximum atomic E-state index is 10.5. The van der Waals surface area contributed by atoms with Crippen LogP contribution in [0.4, 0.5) is 0 Å². The summed E-state index contributed by atoms with van der Waals surface area (Å²) in [5.41, 5.74) is 0.458. The van der Waals surface area contributed by atoms with Crippen LogP contribution in [0.1, 0.15) is 13.8 Å². The molecule has 0 aromatic rings. The molecule has 0 aromatic carbocycles. The number of allylic oxidation sites excluding steroid dienone is 6. The molecule has 3 heteroatoms. The second kappa shape index (κ2) is 8.27. The van der Waals surface area contributed by atoms with E-state index < -0.39 is 0 Å². The van der Waals surface area contributed by atoms with Crippen LogP contribution in [0, 0.1) is 13.0 Å². The van der Waals surface area contributed by atoms with Crippen LogP contribution in [-0.2, 0) is 37.5 Å². The monoisotopic (exact) mass is 253 g/mol. The molecule has 1 aliphatic rings. The molecule has 0 heterocycles. The van der Waals surface area contributed by atoms with Crippen molar-refractivity contribution in [3.63, 3.8) is 0 Å². The third kappa shape index (κ3) is 5.83. The van der Waals surface area contributed by atoms with E-state index in [0.29, 0.717) is 5.57 Å². The first-order valence-electron chi connectivity index (χ1n) is 3.77. The summed E-state index contributed by atoms with van der Waals surface area (Å²) in [6.07, 6.45) is 6.67. The molecule has 1 aliphatic carbocycles. The fourth-order valence-electron chi connectivity index (χ4n) is 0.590. The Labute approximate surface area is 104 Å². The average molecular weight is 253 g/mol. The van der Waals surface area contributed by atoms with Crippen LogP contribution in [0.3, 0.4) is 0 Å². The molecule has 69 valence electrons. The predicted octanol–water partition coefficient (Wildman–Crippen LogP) is 2.15. The molecule has 13 heavy (non-hydrogen) atoms. The predicted molar refractivity (Wildman–Crippen MR) is 48.3 cm³/mol. The molecule has 1 rings (SSSR count). The first-order chi connectivity index (χ1) is 5.70. The zero-order valence-corrected chi connectivity index (χ0v) is 10.7. The number of carbonyl (C=O) groups is 1. The van der Waals surface area contributed by atoms with Gasteiger partial charge in [0.15, 0.2) is 0 Å². The molecule has 0 amide bonds. The minimum Gasteiger partial charge on any atom is -0.588 e. The maximum absolute atomic E-state index is 10.5. The van der Waals surface area contributed by atoms with Crippen molar-refractivity contribution in [1.82, 2.24) is 0 Å². The Morgan fingerprint density at radius 1 is 1.46 bits per heavy atom. The summed E-state index contributed by atoms with van der Waals surface area (Å²) < 4.78 is 0. The summed E-state index contributed by atoms with van der Waals surface area (Å²) in [7, 11) is 0. The van der Waals surface area contributed by atoms with Gasteiger partial charge < -0.3 is 9.90 Å². The molecule has 0 atom stereocenters. The fraction of sp³-hybridized carbons (Fsp3) is 0.200. The molecule has 0 unspecified atom stereocenters. The third-order valence-electron chi connectivity index (χ3n) is 1.10. The minimum atomic E-state index is -0.120. The van der Waals surface area contributed by atoms with Gasteiger partial charge >= 0.3 is 0 Å². The van der Waals surface area contributed by atoms with Gasteiger partial charge in [-0.25, -0.2) is 19.1 Å². The van der Waals surface area contributed by atoms with Gasteiger partial charge in [0.25, 0.3) is 0 Å². The topological polar surface area (TPSA) is 37.3 Å². The van der Waals surface area contributed by atoms with Crippen LogP contribution >= 0.6 is 0 Å². The van der Waals surface area contributed by atoms with E-state index in [4.69, 9.17) is 5.11 Å². The molecular weight excluding hydrogens is 241 g/mol. The Morgan fingerprint density at radius 3 is 2.31 bits per heavy atom. The van der Waals surface area contributed by atoms with Gasteiger partial charge in [-0.05, 0) is 0 Å². The molecule has 0 bridgehead atoms. The van der Waals surface area contributed by atoms with Crippen LogP contribution in [0.5, 0.6) is 0 Å². The van der Waals surface area contributed by atoms with E-state index in [9.17, 15) is 4.79 Å². The van der Waals surface area contributed by atoms with E-state index in [2.05, 4.69) is 13.0 Å². The number of ketones is 1. The first kappa shape index (κ1) is 15.2. The van der Waals surface area contributed by atoms with Crippen molar-refractivity contribution < 1.29 is 42.6 Å². The Kier molecular flexibility index (Phi) is 9.64. The molecule has 1 N–H and O–H groups in total. The second-order valence-electron chi connectivity index (χ2n) is 1.88. The Bertz CT molecular complexity index is 228. The number of hydrogen-bond acceptors (Lipinski definition) is 2. The van der Waals surface area contributed by atoms with Gasteiger partial charge in [-0.2, -0.15) is 0 Å². The standard InChI is InChI=1S/C8H6O2.C2H6.Y/c1-6(9)7-2-4-8(10)5-3-7;1-2;/h2,4-5,9H,1H2;1-2H3;/q-2;;/b7-6+;;. The second-order valence-corrected chi connectivity index (χ2v) is 1.88. The van der Waals surface area contributed by atoms with Gasteiger partial charge in [0.05, 0.1) is 5.78 Å². The van der Waals surface area contributed by atoms with Gasteiger partial charge in [-0.3, -0.25) is 5.57 Å². The van der Waals surface area contributed by atoms with Crippen molar-refractivity contribution in [3.05, 3.63) is 42.6 Å². The smallest absolute Gasteiger partial charge is 0.0905 e. The molecule has 0 aromatic heterocycles. The molecule has 0 saturated carbocycles. The Hall–Kier alpha value is -0.336. The molecular formula is C10H12O2Y-2. The van der Waals surface area contributed by atoms with E-state index in [1.807, 2.05) is 13.8 Å². The molecule has 0 saturated heterocycles. The van der Waals surface area contributed by atoms with Gasteiger partial charge in [0, 0.05) is 32.7 Å². The van der Waals surface area contributed by atoms with Crippen molar-refractivity contribution in [2.75, 3.05) is 0 Å². The zero-order valence-electron chi connectivity index (χ0n) is 7.87. The van der Waals surface area contributed by atoms with Crippen LogP contribution in [-0.4, -0.2) is 10.9 Å². The van der Waals surface area contributed by atoms with Crippen LogP contribution in [0.2, 0.25) is 0 Å². The maximum Gasteiger partial charge on any atom is 0.0905 e. The summed E-state index contributed by atoms with van der Waals surface area (Å²) >= 11 is 0. The number of hydrogen-bond donors (Lipinski definition) is 1. The molecule has 0 aliphatic heterocycles. The Balaban J connectivity index is 0. The normalized spacial score (nSPS) is 16.9. The summed E-state index contributed by atoms with van der Waals surface area (Å²) in [5, 5.41) is 8.79. The largest absolute Gasteiger partial charge is 0.588 e. The van der Waals surface area contributed by atoms with Crippen LogP contribution < -0.4 is 0 Å². The quantitative estimate of drug-likeness (QED) is 0.530. The molecule has 0 spiro atoms. The number of aliphatic hydroxyl groups excluding tert-OH is 1. The van der Waals surface area contributed by atoms with Crippen LogP contribution in [0.15, 0.2) is 29.6 Å². The number of rotatable bonds is 0. The summed E-state index contributed by atoms with van der Waals surface area (Å²) in [6.45, 7) is 7.28. The van der Waals surface area contributed by atoms with Gasteiger partial charge in [-0.1, -0.05) is 13.8 Å². The van der Waals surface area contributed by atoms with E-state index in [1.165, 1.54) is 18.2 Å². The molecule has 0 fully saturated rings. The third-order valence-corrected chi connectivity index (χ3v) is 1.10. The minimum absolute atomic E-state index is 0. The summed E-state index contributed by atoms with van der Waals surface area (Å²) in [5.74, 6) is -0.190. The SMILES string of the molecule is CC.[CH2-]/C(O)=C1\[C-]=CC(=O)C=C1.[Y]. The van der Waals surface area contributed by atoms with Crippen LogP contribution in [0.25, 0.3) is 0 Å². The van der Waals surface area contributed by atoms with Gasteiger partial charge in [-0.15, -0.1) is 17.9 Å². The molecule has 1 radical (unpaired) electrons. The first-order valence-corrected chi connectivity index (χ1v) is 3.77. The van der Waals surface area contributed by atoms with Gasteiger partial charge in [0.2, 0.25) is 0 Å². The van der Waals surface area contributed by atoms with E-state index in [-0.39, 0.29) is 44.3 Å². The van der Waals surface area contributed by atoms with Crippen molar-refractivity contribution in [3.8, 4) is 0 Å². The van der Waals surface area contributed by atoms with Crippen molar-refractivity contribution in [2.45, 2.75) is 13.8 Å². The zero-order chi connectivity index (χ0) is 9.56. The number of carbonyl (C=O) groups excluding carboxylic acids is 1. The average Bonchev–Trinajstić information content (AvgIpc) is 2.09.